The van der Waals surface area contributed by atoms with E-state index in [9.17, 15) is 5.26 Å². The van der Waals surface area contributed by atoms with Gasteiger partial charge in [0, 0.05) is 23.3 Å². The molecule has 3 aromatic rings. The van der Waals surface area contributed by atoms with Crippen LogP contribution in [-0.4, -0.2) is 4.98 Å². The van der Waals surface area contributed by atoms with Crippen molar-refractivity contribution in [1.29, 1.82) is 5.26 Å². The Kier molecular flexibility index (Phi) is 5.16. The number of hydrogen-bond acceptors (Lipinski definition) is 2. The Morgan fingerprint density at radius 3 is 2.28 bits per heavy atom. The topological polar surface area (TPSA) is 36.7 Å². The van der Waals surface area contributed by atoms with Gasteiger partial charge in [-0.3, -0.25) is 4.98 Å². The molecule has 2 nitrogen and oxygen atoms in total. The van der Waals surface area contributed by atoms with E-state index >= 15 is 0 Å². The van der Waals surface area contributed by atoms with Crippen molar-refractivity contribution in [2.75, 3.05) is 0 Å². The molecule has 0 aliphatic carbocycles. The molecule has 1 aromatic heterocycles. The molecule has 2 atom stereocenters. The van der Waals surface area contributed by atoms with Crippen LogP contribution in [0.1, 0.15) is 36.0 Å². The second-order valence-corrected chi connectivity index (χ2v) is 6.84. The summed E-state index contributed by atoms with van der Waals surface area (Å²) in [4.78, 5) is 4.27. The smallest absolute Gasteiger partial charge is 0.0803 e. The zero-order chi connectivity index (χ0) is 17.7. The van der Waals surface area contributed by atoms with Crippen LogP contribution in [0.25, 0.3) is 0 Å². The predicted octanol–water partition coefficient (Wildman–Crippen LogP) is 5.74. The summed E-state index contributed by atoms with van der Waals surface area (Å²) in [5, 5.41) is 10.6. The summed E-state index contributed by atoms with van der Waals surface area (Å²) in [5.41, 5.74) is 2.65. The summed E-state index contributed by atoms with van der Waals surface area (Å²) in [6, 6.07) is 24.4. The maximum absolute atomic E-state index is 9.95. The second-order valence-electron chi connectivity index (χ2n) is 6.40. The van der Waals surface area contributed by atoms with Gasteiger partial charge in [-0.25, -0.2) is 0 Å². The number of pyridine rings is 1. The third-order valence-electron chi connectivity index (χ3n) is 4.63. The summed E-state index contributed by atoms with van der Waals surface area (Å²) in [6.45, 7) is 1.99. The average Bonchev–Trinajstić information content (AvgIpc) is 2.68. The lowest BCUT2D eigenvalue weighted by Gasteiger charge is -2.28. The van der Waals surface area contributed by atoms with Crippen LogP contribution in [0.5, 0.6) is 0 Å². The number of nitrogens with zero attached hydrogens (tertiary/aromatic N) is 2. The fourth-order valence-electron chi connectivity index (χ4n) is 3.15. The van der Waals surface area contributed by atoms with E-state index in [-0.39, 0.29) is 5.92 Å². The molecule has 2 aromatic carbocycles. The minimum atomic E-state index is -0.624. The van der Waals surface area contributed by atoms with Crippen molar-refractivity contribution < 1.29 is 0 Å². The van der Waals surface area contributed by atoms with Crippen LogP contribution >= 0.6 is 11.6 Å². The normalized spacial score (nSPS) is 14.3. The van der Waals surface area contributed by atoms with Gasteiger partial charge in [-0.05, 0) is 48.2 Å². The first kappa shape index (κ1) is 17.2. The van der Waals surface area contributed by atoms with E-state index < -0.39 is 5.41 Å². The summed E-state index contributed by atoms with van der Waals surface area (Å²) < 4.78 is 0. The van der Waals surface area contributed by atoms with Gasteiger partial charge in [0.15, 0.2) is 0 Å². The second kappa shape index (κ2) is 7.51. The van der Waals surface area contributed by atoms with Crippen molar-refractivity contribution in [2.24, 2.45) is 0 Å². The maximum atomic E-state index is 9.95. The number of rotatable bonds is 5. The molecule has 3 rings (SSSR count). The quantitative estimate of drug-likeness (QED) is 0.590. The lowest BCUT2D eigenvalue weighted by Crippen LogP contribution is -2.23. The van der Waals surface area contributed by atoms with Crippen molar-refractivity contribution in [3.05, 3.63) is 101 Å². The van der Waals surface area contributed by atoms with Gasteiger partial charge in [0.05, 0.1) is 11.5 Å². The molecule has 0 aliphatic rings. The predicted molar refractivity (Wildman–Crippen MR) is 102 cm³/mol. The number of halogens is 1. The first-order valence-electron chi connectivity index (χ1n) is 8.24. The molecule has 0 bridgehead atoms. The molecule has 0 saturated carbocycles. The minimum absolute atomic E-state index is 0.0928. The van der Waals surface area contributed by atoms with Crippen LogP contribution in [0.4, 0.5) is 0 Å². The van der Waals surface area contributed by atoms with Gasteiger partial charge in [0.1, 0.15) is 0 Å². The standard InChI is InChI=1S/C22H19ClN2/c1-22(16-24,19-9-11-20(23)12-10-19)14-21(17-6-3-2-4-7-17)18-8-5-13-25-15-18/h2-13,15,21H,14H2,1H3. The Bertz CT molecular complexity index is 815. The molecule has 0 fully saturated rings. The first-order chi connectivity index (χ1) is 12.1. The zero-order valence-electron chi connectivity index (χ0n) is 14.1. The molecule has 3 heteroatoms. The summed E-state index contributed by atoms with van der Waals surface area (Å²) in [5.74, 6) is 0.0928. The van der Waals surface area contributed by atoms with Crippen LogP contribution in [0.15, 0.2) is 79.1 Å². The van der Waals surface area contributed by atoms with Gasteiger partial charge in [-0.2, -0.15) is 5.26 Å². The van der Waals surface area contributed by atoms with E-state index in [4.69, 9.17) is 11.6 Å². The molecule has 0 radical (unpaired) electrons. The first-order valence-corrected chi connectivity index (χ1v) is 8.62. The number of benzene rings is 2. The number of hydrogen-bond donors (Lipinski definition) is 0. The fourth-order valence-corrected chi connectivity index (χ4v) is 3.28. The Hall–Kier alpha value is -2.63. The highest BCUT2D eigenvalue weighted by molar-refractivity contribution is 6.30. The molecule has 0 N–H and O–H groups in total. The summed E-state index contributed by atoms with van der Waals surface area (Å²) in [7, 11) is 0. The lowest BCUT2D eigenvalue weighted by molar-refractivity contribution is 0.513. The van der Waals surface area contributed by atoms with Crippen LogP contribution in [0, 0.1) is 11.3 Å². The van der Waals surface area contributed by atoms with Crippen molar-refractivity contribution in [3.63, 3.8) is 0 Å². The van der Waals surface area contributed by atoms with Gasteiger partial charge in [-0.15, -0.1) is 0 Å². The highest BCUT2D eigenvalue weighted by atomic mass is 35.5. The van der Waals surface area contributed by atoms with Crippen LogP contribution in [0.3, 0.4) is 0 Å². The lowest BCUT2D eigenvalue weighted by atomic mass is 9.73. The van der Waals surface area contributed by atoms with E-state index in [1.54, 1.807) is 6.20 Å². The molecule has 25 heavy (non-hydrogen) atoms. The maximum Gasteiger partial charge on any atom is 0.0803 e. The van der Waals surface area contributed by atoms with Crippen molar-refractivity contribution in [2.45, 2.75) is 24.7 Å². The highest BCUT2D eigenvalue weighted by Crippen LogP contribution is 2.38. The van der Waals surface area contributed by atoms with E-state index in [1.807, 2.05) is 61.7 Å². The molecule has 0 amide bonds. The van der Waals surface area contributed by atoms with Gasteiger partial charge in [-0.1, -0.05) is 60.1 Å². The third kappa shape index (κ3) is 3.90. The summed E-state index contributed by atoms with van der Waals surface area (Å²) in [6.07, 6.45) is 4.33. The molecule has 2 unspecified atom stereocenters. The Morgan fingerprint density at radius 1 is 1.00 bits per heavy atom. The van der Waals surface area contributed by atoms with Gasteiger partial charge < -0.3 is 0 Å². The molecule has 0 saturated heterocycles. The van der Waals surface area contributed by atoms with E-state index in [1.165, 1.54) is 5.56 Å². The van der Waals surface area contributed by atoms with E-state index in [2.05, 4.69) is 29.3 Å². The molecule has 124 valence electrons. The largest absolute Gasteiger partial charge is 0.264 e. The van der Waals surface area contributed by atoms with Crippen molar-refractivity contribution in [1.82, 2.24) is 4.98 Å². The number of nitriles is 1. The van der Waals surface area contributed by atoms with Crippen molar-refractivity contribution in [3.8, 4) is 6.07 Å². The Labute approximate surface area is 153 Å². The molecule has 0 aliphatic heterocycles. The highest BCUT2D eigenvalue weighted by Gasteiger charge is 2.31. The fraction of sp³-hybridized carbons (Fsp3) is 0.182. The minimum Gasteiger partial charge on any atom is -0.264 e. The Balaban J connectivity index is 2.02. The molecule has 1 heterocycles. The average molecular weight is 347 g/mol. The van der Waals surface area contributed by atoms with Gasteiger partial charge >= 0.3 is 0 Å². The van der Waals surface area contributed by atoms with Crippen LogP contribution in [0.2, 0.25) is 5.02 Å². The molecular weight excluding hydrogens is 328 g/mol. The van der Waals surface area contributed by atoms with E-state index in [0.29, 0.717) is 11.4 Å². The molecule has 0 spiro atoms. The zero-order valence-corrected chi connectivity index (χ0v) is 14.8. The monoisotopic (exact) mass is 346 g/mol. The Morgan fingerprint density at radius 2 is 1.68 bits per heavy atom. The van der Waals surface area contributed by atoms with Crippen LogP contribution in [-0.2, 0) is 5.41 Å². The van der Waals surface area contributed by atoms with Crippen molar-refractivity contribution >= 4 is 11.6 Å². The number of aromatic nitrogens is 1. The van der Waals surface area contributed by atoms with Crippen LogP contribution < -0.4 is 0 Å². The third-order valence-corrected chi connectivity index (χ3v) is 4.88. The van der Waals surface area contributed by atoms with Gasteiger partial charge in [0.2, 0.25) is 0 Å². The molecular formula is C22H19ClN2. The SMILES string of the molecule is CC(C#N)(CC(c1ccccc1)c1cccnc1)c1ccc(Cl)cc1. The summed E-state index contributed by atoms with van der Waals surface area (Å²) >= 11 is 6.01. The van der Waals surface area contributed by atoms with Gasteiger partial charge in [0.25, 0.3) is 0 Å². The van der Waals surface area contributed by atoms with E-state index in [0.717, 1.165) is 11.1 Å².